The smallest absolute Gasteiger partial charge is 0.311 e. The Labute approximate surface area is 111 Å². The van der Waals surface area contributed by atoms with E-state index in [0.717, 1.165) is 30.5 Å². The second-order valence-corrected chi connectivity index (χ2v) is 5.31. The quantitative estimate of drug-likeness (QED) is 0.825. The molecule has 2 rings (SSSR count). The lowest BCUT2D eigenvalue weighted by molar-refractivity contribution is -0.139. The summed E-state index contributed by atoms with van der Waals surface area (Å²) in [7, 11) is 1.38. The molecule has 0 saturated carbocycles. The first kappa shape index (κ1) is 13.3. The summed E-state index contributed by atoms with van der Waals surface area (Å²) in [4.78, 5) is 15.5. The summed E-state index contributed by atoms with van der Waals surface area (Å²) < 4.78 is 9.98. The molecule has 2 atom stereocenters. The molecule has 0 bridgehead atoms. The van der Waals surface area contributed by atoms with Crippen LogP contribution in [0.3, 0.4) is 0 Å². The molecule has 6 heteroatoms. The fourth-order valence-corrected chi connectivity index (χ4v) is 2.74. The predicted octanol–water partition coefficient (Wildman–Crippen LogP) is 1.70. The number of nitrogens with zero attached hydrogens (tertiary/aromatic N) is 1. The topological polar surface area (TPSA) is 60.5 Å². The van der Waals surface area contributed by atoms with Crippen molar-refractivity contribution in [1.82, 2.24) is 4.98 Å². The van der Waals surface area contributed by atoms with Crippen LogP contribution in [0.2, 0.25) is 0 Å². The van der Waals surface area contributed by atoms with E-state index in [1.54, 1.807) is 0 Å². The Morgan fingerprint density at radius 3 is 3.28 bits per heavy atom. The molecule has 1 aromatic rings. The zero-order valence-electron chi connectivity index (χ0n) is 10.6. The van der Waals surface area contributed by atoms with Crippen molar-refractivity contribution in [2.75, 3.05) is 25.6 Å². The molecule has 1 aromatic heterocycles. The molecule has 1 aliphatic heterocycles. The lowest BCUT2D eigenvalue weighted by Gasteiger charge is -2.18. The highest BCUT2D eigenvalue weighted by Gasteiger charge is 2.22. The van der Waals surface area contributed by atoms with E-state index in [0.29, 0.717) is 12.0 Å². The third-order valence-corrected chi connectivity index (χ3v) is 3.95. The minimum absolute atomic E-state index is 0.232. The number of nitrogens with one attached hydrogen (secondary N) is 1. The van der Waals surface area contributed by atoms with Gasteiger partial charge >= 0.3 is 5.97 Å². The second kappa shape index (κ2) is 6.15. The molecule has 5 nitrogen and oxygen atoms in total. The van der Waals surface area contributed by atoms with E-state index in [1.165, 1.54) is 18.4 Å². The molecule has 0 aliphatic carbocycles. The van der Waals surface area contributed by atoms with E-state index in [-0.39, 0.29) is 12.4 Å². The highest BCUT2D eigenvalue weighted by Crippen LogP contribution is 2.22. The number of methoxy groups -OCH3 is 1. The van der Waals surface area contributed by atoms with Gasteiger partial charge in [0.25, 0.3) is 0 Å². The van der Waals surface area contributed by atoms with Gasteiger partial charge in [-0.3, -0.25) is 4.79 Å². The van der Waals surface area contributed by atoms with Crippen LogP contribution in [0.5, 0.6) is 0 Å². The number of hydrogen-bond acceptors (Lipinski definition) is 6. The molecule has 1 saturated heterocycles. The standard InChI is InChI=1S/C12H18N2O3S/c1-8(9-3-4-17-6-9)13-12-14-10(7-18-12)5-11(15)16-2/h7-9H,3-6H2,1-2H3,(H,13,14). The number of thiazole rings is 1. The highest BCUT2D eigenvalue weighted by atomic mass is 32.1. The molecule has 1 N–H and O–H groups in total. The number of carbonyl (C=O) groups excluding carboxylic acids is 1. The summed E-state index contributed by atoms with van der Waals surface area (Å²) >= 11 is 1.52. The summed E-state index contributed by atoms with van der Waals surface area (Å²) in [5.41, 5.74) is 0.754. The maximum atomic E-state index is 11.1. The van der Waals surface area contributed by atoms with E-state index < -0.39 is 0 Å². The van der Waals surface area contributed by atoms with Gasteiger partial charge in [-0.25, -0.2) is 4.98 Å². The van der Waals surface area contributed by atoms with E-state index in [2.05, 4.69) is 22.0 Å². The van der Waals surface area contributed by atoms with Gasteiger partial charge in [0, 0.05) is 23.9 Å². The van der Waals surface area contributed by atoms with Crippen LogP contribution in [0.25, 0.3) is 0 Å². The van der Waals surface area contributed by atoms with Gasteiger partial charge in [-0.05, 0) is 13.3 Å². The Morgan fingerprint density at radius 2 is 2.61 bits per heavy atom. The molecule has 0 spiro atoms. The second-order valence-electron chi connectivity index (χ2n) is 4.45. The number of rotatable bonds is 5. The van der Waals surface area contributed by atoms with Crippen LogP contribution in [-0.4, -0.2) is 37.3 Å². The normalized spacial score (nSPS) is 20.7. The monoisotopic (exact) mass is 270 g/mol. The van der Waals surface area contributed by atoms with Crippen molar-refractivity contribution in [3.63, 3.8) is 0 Å². The lowest BCUT2D eigenvalue weighted by Crippen LogP contribution is -2.26. The van der Waals surface area contributed by atoms with Crippen molar-refractivity contribution in [2.24, 2.45) is 5.92 Å². The third-order valence-electron chi connectivity index (χ3n) is 3.13. The van der Waals surface area contributed by atoms with Gasteiger partial charge in [-0.2, -0.15) is 0 Å². The van der Waals surface area contributed by atoms with E-state index >= 15 is 0 Å². The highest BCUT2D eigenvalue weighted by molar-refractivity contribution is 7.13. The average Bonchev–Trinajstić information content (AvgIpc) is 3.00. The number of aromatic nitrogens is 1. The Hall–Kier alpha value is -1.14. The summed E-state index contributed by atoms with van der Waals surface area (Å²) in [6.07, 6.45) is 1.32. The number of carbonyl (C=O) groups is 1. The number of ether oxygens (including phenoxy) is 2. The predicted molar refractivity (Wildman–Crippen MR) is 69.8 cm³/mol. The SMILES string of the molecule is COC(=O)Cc1csc(NC(C)C2CCOC2)n1. The molecular weight excluding hydrogens is 252 g/mol. The fourth-order valence-electron chi connectivity index (χ4n) is 1.93. The van der Waals surface area contributed by atoms with Crippen molar-refractivity contribution in [2.45, 2.75) is 25.8 Å². The van der Waals surface area contributed by atoms with Crippen molar-refractivity contribution >= 4 is 22.4 Å². The first-order chi connectivity index (χ1) is 8.69. The summed E-state index contributed by atoms with van der Waals surface area (Å²) in [5.74, 6) is 0.280. The van der Waals surface area contributed by atoms with Gasteiger partial charge < -0.3 is 14.8 Å². The zero-order chi connectivity index (χ0) is 13.0. The van der Waals surface area contributed by atoms with Gasteiger partial charge in [-0.1, -0.05) is 0 Å². The zero-order valence-corrected chi connectivity index (χ0v) is 11.5. The molecular formula is C12H18N2O3S. The molecule has 2 unspecified atom stereocenters. The van der Waals surface area contributed by atoms with Gasteiger partial charge in [0.2, 0.25) is 0 Å². The lowest BCUT2D eigenvalue weighted by atomic mass is 10.0. The molecule has 18 heavy (non-hydrogen) atoms. The van der Waals surface area contributed by atoms with Crippen molar-refractivity contribution < 1.29 is 14.3 Å². The van der Waals surface area contributed by atoms with Crippen LogP contribution < -0.4 is 5.32 Å². The maximum Gasteiger partial charge on any atom is 0.311 e. The Morgan fingerprint density at radius 1 is 1.78 bits per heavy atom. The van der Waals surface area contributed by atoms with E-state index in [1.807, 2.05) is 5.38 Å². The molecule has 0 aromatic carbocycles. The number of anilines is 1. The van der Waals surface area contributed by atoms with Gasteiger partial charge in [0.05, 0.1) is 25.8 Å². The van der Waals surface area contributed by atoms with E-state index in [4.69, 9.17) is 4.74 Å². The first-order valence-electron chi connectivity index (χ1n) is 6.04. The maximum absolute atomic E-state index is 11.1. The summed E-state index contributed by atoms with van der Waals surface area (Å²) in [5, 5.41) is 6.11. The van der Waals surface area contributed by atoms with Crippen LogP contribution >= 0.6 is 11.3 Å². The molecule has 1 aliphatic rings. The molecule has 2 heterocycles. The number of hydrogen-bond donors (Lipinski definition) is 1. The van der Waals surface area contributed by atoms with Crippen LogP contribution in [0.4, 0.5) is 5.13 Å². The largest absolute Gasteiger partial charge is 0.469 e. The van der Waals surface area contributed by atoms with Crippen LogP contribution in [-0.2, 0) is 20.7 Å². The molecule has 1 fully saturated rings. The summed E-state index contributed by atoms with van der Waals surface area (Å²) in [6, 6.07) is 0.338. The Kier molecular flexibility index (Phi) is 4.54. The van der Waals surface area contributed by atoms with Crippen molar-refractivity contribution in [1.29, 1.82) is 0 Å². The van der Waals surface area contributed by atoms with Crippen molar-refractivity contribution in [3.05, 3.63) is 11.1 Å². The minimum atomic E-state index is -0.260. The van der Waals surface area contributed by atoms with Gasteiger partial charge in [0.1, 0.15) is 0 Å². The molecule has 0 amide bonds. The Bertz CT molecular complexity index is 402. The van der Waals surface area contributed by atoms with Crippen LogP contribution in [0.1, 0.15) is 19.0 Å². The Balaban J connectivity index is 1.87. The first-order valence-corrected chi connectivity index (χ1v) is 6.92. The third kappa shape index (κ3) is 3.43. The minimum Gasteiger partial charge on any atom is -0.469 e. The fraction of sp³-hybridized carbons (Fsp3) is 0.667. The molecule has 0 radical (unpaired) electrons. The van der Waals surface area contributed by atoms with Crippen LogP contribution in [0, 0.1) is 5.92 Å². The van der Waals surface area contributed by atoms with E-state index in [9.17, 15) is 4.79 Å². The van der Waals surface area contributed by atoms with Gasteiger partial charge in [0.15, 0.2) is 5.13 Å². The summed E-state index contributed by atoms with van der Waals surface area (Å²) in [6.45, 7) is 3.80. The van der Waals surface area contributed by atoms with Crippen molar-refractivity contribution in [3.8, 4) is 0 Å². The molecule has 100 valence electrons. The average molecular weight is 270 g/mol. The van der Waals surface area contributed by atoms with Gasteiger partial charge in [-0.15, -0.1) is 11.3 Å². The van der Waals surface area contributed by atoms with Crippen LogP contribution in [0.15, 0.2) is 5.38 Å². The number of esters is 1.